The predicted molar refractivity (Wildman–Crippen MR) is 144 cm³/mol. The number of Topliss-reactive ketones (excluding diaryl/α,β-unsaturated/α-hetero) is 1. The maximum absolute atomic E-state index is 12.9. The van der Waals surface area contributed by atoms with Crippen molar-refractivity contribution in [3.8, 4) is 0 Å². The zero-order valence-electron chi connectivity index (χ0n) is 21.1. The highest BCUT2D eigenvalue weighted by molar-refractivity contribution is 7.86. The van der Waals surface area contributed by atoms with E-state index in [9.17, 15) is 45.1 Å². The standard InChI is InChI=1S/C23H35N2O10PS2/c1-2-3-6-16-8-10-17(11-9-16)23(29)25-19(15-38(33,34)35)20(26)13-18(14-37(30,31)32)22(28)24-12-5-4-7-21(27)36/h8-11,18-19H,2-7,12-15,36H2,1H3,(H,24,28)(H,25,29)(H,30,31,32)(H,33,34,35)/t18-,19-/m0/s1. The molecule has 38 heavy (non-hydrogen) atoms. The molecule has 1 rings (SSSR count). The van der Waals surface area contributed by atoms with Gasteiger partial charge in [0.1, 0.15) is 17.3 Å². The highest BCUT2D eigenvalue weighted by Crippen LogP contribution is 2.13. The summed E-state index contributed by atoms with van der Waals surface area (Å²) >= 11 is 0. The van der Waals surface area contributed by atoms with Gasteiger partial charge in [0.15, 0.2) is 5.78 Å². The summed E-state index contributed by atoms with van der Waals surface area (Å²) in [5.41, 5.74) is 0.980. The molecule has 2 amide bonds. The summed E-state index contributed by atoms with van der Waals surface area (Å²) in [5, 5.41) is 4.64. The molecule has 0 fully saturated rings. The molecule has 12 nitrogen and oxygen atoms in total. The minimum absolute atomic E-state index is 0.0619. The van der Waals surface area contributed by atoms with Crippen LogP contribution in [0.25, 0.3) is 0 Å². The molecule has 0 saturated heterocycles. The van der Waals surface area contributed by atoms with Crippen LogP contribution in [0.4, 0.5) is 0 Å². The Labute approximate surface area is 225 Å². The van der Waals surface area contributed by atoms with Crippen LogP contribution in [0.2, 0.25) is 0 Å². The van der Waals surface area contributed by atoms with Crippen LogP contribution in [-0.2, 0) is 41.0 Å². The second kappa shape index (κ2) is 16.0. The van der Waals surface area contributed by atoms with Gasteiger partial charge < -0.3 is 10.6 Å². The van der Waals surface area contributed by atoms with Gasteiger partial charge in [0, 0.05) is 24.9 Å². The van der Waals surface area contributed by atoms with Gasteiger partial charge in [-0.1, -0.05) is 34.7 Å². The number of ketones is 1. The summed E-state index contributed by atoms with van der Waals surface area (Å²) in [7, 11) is -7.46. The monoisotopic (exact) mass is 594 g/mol. The Hall–Kier alpha value is -2.25. The van der Waals surface area contributed by atoms with E-state index in [1.807, 2.05) is 16.2 Å². The van der Waals surface area contributed by atoms with Gasteiger partial charge >= 0.3 is 0 Å². The summed E-state index contributed by atoms with van der Waals surface area (Å²) in [4.78, 5) is 49.1. The van der Waals surface area contributed by atoms with Gasteiger partial charge in [-0.25, -0.2) is 0 Å². The first kappa shape index (κ1) is 33.8. The third-order valence-electron chi connectivity index (χ3n) is 5.49. The molecule has 0 saturated carbocycles. The molecular formula is C23H35N2O10PS2. The number of hydrogen-bond donors (Lipinski definition) is 4. The third kappa shape index (κ3) is 14.6. The molecule has 0 radical (unpaired) electrons. The van der Waals surface area contributed by atoms with E-state index in [0.717, 1.165) is 24.8 Å². The topological polar surface area (TPSA) is 201 Å². The van der Waals surface area contributed by atoms with Crippen LogP contribution in [0.1, 0.15) is 61.4 Å². The molecule has 0 aliphatic heterocycles. The number of aryl methyl sites for hydroxylation is 1. The van der Waals surface area contributed by atoms with Crippen LogP contribution < -0.4 is 10.6 Å². The van der Waals surface area contributed by atoms with Crippen molar-refractivity contribution in [2.24, 2.45) is 5.92 Å². The number of rotatable bonds is 18. The van der Waals surface area contributed by atoms with E-state index in [4.69, 9.17) is 0 Å². The molecule has 214 valence electrons. The second-order valence-corrected chi connectivity index (χ2v) is 12.5. The molecule has 1 aromatic carbocycles. The molecule has 0 aliphatic carbocycles. The van der Waals surface area contributed by atoms with Gasteiger partial charge in [0.25, 0.3) is 26.1 Å². The Morgan fingerprint density at radius 3 is 2.05 bits per heavy atom. The Morgan fingerprint density at radius 2 is 1.53 bits per heavy atom. The van der Waals surface area contributed by atoms with Crippen LogP contribution in [0.15, 0.2) is 24.3 Å². The van der Waals surface area contributed by atoms with Crippen molar-refractivity contribution in [1.29, 1.82) is 0 Å². The van der Waals surface area contributed by atoms with E-state index in [0.29, 0.717) is 12.8 Å². The predicted octanol–water partition coefficient (Wildman–Crippen LogP) is 1.17. The van der Waals surface area contributed by atoms with E-state index in [1.54, 1.807) is 12.1 Å². The van der Waals surface area contributed by atoms with Gasteiger partial charge in [-0.15, -0.1) is 0 Å². The Kier molecular flexibility index (Phi) is 14.2. The molecule has 15 heteroatoms. The fourth-order valence-electron chi connectivity index (χ4n) is 3.52. The zero-order chi connectivity index (χ0) is 28.9. The Balaban J connectivity index is 2.99. The average molecular weight is 595 g/mol. The number of amides is 2. The first-order valence-electron chi connectivity index (χ1n) is 12.0. The Morgan fingerprint density at radius 1 is 0.921 bits per heavy atom. The number of unbranched alkanes of at least 4 members (excludes halogenated alkanes) is 2. The molecule has 1 aromatic rings. The lowest BCUT2D eigenvalue weighted by atomic mass is 9.99. The molecule has 0 aromatic heterocycles. The lowest BCUT2D eigenvalue weighted by molar-refractivity contribution is -0.129. The first-order valence-corrected chi connectivity index (χ1v) is 15.8. The molecule has 1 unspecified atom stereocenters. The van der Waals surface area contributed by atoms with Crippen molar-refractivity contribution in [2.75, 3.05) is 18.1 Å². The molecule has 0 spiro atoms. The molecule has 4 N–H and O–H groups in total. The maximum Gasteiger partial charge on any atom is 0.267 e. The number of carbonyl (C=O) groups is 4. The third-order valence-corrected chi connectivity index (χ3v) is 7.35. The normalized spacial score (nSPS) is 13.4. The highest BCUT2D eigenvalue weighted by Gasteiger charge is 2.32. The molecular weight excluding hydrogens is 559 g/mol. The number of nitrogens with one attached hydrogen (secondary N) is 2. The van der Waals surface area contributed by atoms with Crippen molar-refractivity contribution in [3.05, 3.63) is 35.4 Å². The summed E-state index contributed by atoms with van der Waals surface area (Å²) in [6, 6.07) is 4.63. The second-order valence-electron chi connectivity index (χ2n) is 8.91. The van der Waals surface area contributed by atoms with E-state index < -0.39 is 67.7 Å². The van der Waals surface area contributed by atoms with Crippen molar-refractivity contribution in [3.63, 3.8) is 0 Å². The minimum atomic E-state index is -4.76. The van der Waals surface area contributed by atoms with Crippen molar-refractivity contribution in [2.45, 2.75) is 57.9 Å². The minimum Gasteiger partial charge on any atom is -0.356 e. The number of carbonyl (C=O) groups excluding carboxylic acids is 4. The molecule has 3 atom stereocenters. The molecule has 0 heterocycles. The summed E-state index contributed by atoms with van der Waals surface area (Å²) in [5.74, 6) is -6.66. The van der Waals surface area contributed by atoms with E-state index in [2.05, 4.69) is 10.6 Å². The summed E-state index contributed by atoms with van der Waals surface area (Å²) in [6.45, 7) is 2.10. The van der Waals surface area contributed by atoms with Gasteiger partial charge in [0.2, 0.25) is 5.91 Å². The van der Waals surface area contributed by atoms with Gasteiger partial charge in [0.05, 0.1) is 11.7 Å². The number of hydrogen-bond acceptors (Lipinski definition) is 8. The summed E-state index contributed by atoms with van der Waals surface area (Å²) in [6.07, 6.45) is 2.99. The van der Waals surface area contributed by atoms with Crippen LogP contribution in [0.3, 0.4) is 0 Å². The molecule has 0 bridgehead atoms. The van der Waals surface area contributed by atoms with Crippen LogP contribution >= 0.6 is 9.24 Å². The van der Waals surface area contributed by atoms with Gasteiger partial charge in [-0.2, -0.15) is 16.8 Å². The summed E-state index contributed by atoms with van der Waals surface area (Å²) < 4.78 is 64.5. The highest BCUT2D eigenvalue weighted by atomic mass is 32.2. The molecule has 0 aliphatic rings. The lowest BCUT2D eigenvalue weighted by Gasteiger charge is -2.20. The smallest absolute Gasteiger partial charge is 0.267 e. The van der Waals surface area contributed by atoms with Crippen LogP contribution in [-0.4, -0.2) is 73.2 Å². The van der Waals surface area contributed by atoms with Crippen molar-refractivity contribution in [1.82, 2.24) is 10.6 Å². The van der Waals surface area contributed by atoms with E-state index >= 15 is 0 Å². The van der Waals surface area contributed by atoms with Crippen LogP contribution in [0.5, 0.6) is 0 Å². The van der Waals surface area contributed by atoms with Crippen molar-refractivity contribution < 1.29 is 45.1 Å². The van der Waals surface area contributed by atoms with Crippen LogP contribution in [0, 0.1) is 5.92 Å². The van der Waals surface area contributed by atoms with E-state index in [1.165, 1.54) is 12.1 Å². The van der Waals surface area contributed by atoms with Crippen molar-refractivity contribution >= 4 is 52.6 Å². The van der Waals surface area contributed by atoms with Gasteiger partial charge in [-0.3, -0.25) is 28.3 Å². The zero-order valence-corrected chi connectivity index (χ0v) is 23.9. The maximum atomic E-state index is 12.9. The first-order chi connectivity index (χ1) is 17.6. The van der Waals surface area contributed by atoms with E-state index in [-0.39, 0.29) is 24.1 Å². The quantitative estimate of drug-likeness (QED) is 0.109. The Bertz CT molecular complexity index is 1190. The fraction of sp³-hybridized carbons (Fsp3) is 0.565. The SMILES string of the molecule is CCCCc1ccc(C(=O)N[C@@H](CS(=O)(=O)O)C(=O)C[C@@H](CS(=O)(=O)O)C(=O)NCCCCC(=O)P)cc1. The number of benzene rings is 1. The van der Waals surface area contributed by atoms with Gasteiger partial charge in [-0.05, 0) is 43.4 Å². The lowest BCUT2D eigenvalue weighted by Crippen LogP contribution is -2.47. The fourth-order valence-corrected chi connectivity index (χ4v) is 5.19. The largest absolute Gasteiger partial charge is 0.356 e. The average Bonchev–Trinajstić information content (AvgIpc) is 2.79.